The third-order valence-electron chi connectivity index (χ3n) is 8.25. The largest absolute Gasteiger partial charge is 0.416 e. The van der Waals surface area contributed by atoms with E-state index in [4.69, 9.17) is 0 Å². The van der Waals surface area contributed by atoms with E-state index in [0.29, 0.717) is 11.3 Å². The monoisotopic (exact) mass is 441 g/mol. The molecule has 3 aliphatic carbocycles. The van der Waals surface area contributed by atoms with E-state index in [9.17, 15) is 18.0 Å². The average Bonchev–Trinajstić information content (AvgIpc) is 3.29. The Balaban J connectivity index is 0.000000183. The van der Waals surface area contributed by atoms with Gasteiger partial charge in [0.2, 0.25) is 5.91 Å². The minimum Gasteiger partial charge on any atom is -0.338 e. The summed E-state index contributed by atoms with van der Waals surface area (Å²) in [4.78, 5) is 15.5. The molecule has 32 heavy (non-hydrogen) atoms. The number of hydrogen-bond acceptors (Lipinski definition) is 1. The van der Waals surface area contributed by atoms with Crippen molar-refractivity contribution in [3.63, 3.8) is 0 Å². The van der Waals surface area contributed by atoms with Gasteiger partial charge < -0.3 is 4.90 Å². The minimum atomic E-state index is -4.21. The number of alkyl halides is 3. The fourth-order valence-electron chi connectivity index (χ4n) is 7.03. The molecule has 3 saturated carbocycles. The second kappa shape index (κ2) is 7.64. The highest BCUT2D eigenvalue weighted by Gasteiger charge is 2.77. The smallest absolute Gasteiger partial charge is 0.338 e. The lowest BCUT2D eigenvalue weighted by atomic mass is 9.77. The molecule has 1 amide bonds. The summed E-state index contributed by atoms with van der Waals surface area (Å²) in [6.45, 7) is 4.16. The SMILES string of the molecule is CC1CC2CC3(C1)CC3(C(=O)N1CCc3ccccc3C1)C2.FC(F)(F)c1ccccc1. The van der Waals surface area contributed by atoms with Crippen LogP contribution in [-0.4, -0.2) is 17.4 Å². The number of benzene rings is 2. The van der Waals surface area contributed by atoms with Crippen LogP contribution in [0, 0.1) is 22.7 Å². The highest BCUT2D eigenvalue weighted by molar-refractivity contribution is 5.88. The van der Waals surface area contributed by atoms with E-state index in [1.165, 1.54) is 55.4 Å². The molecule has 2 aromatic rings. The number of halogens is 3. The maximum Gasteiger partial charge on any atom is 0.416 e. The predicted molar refractivity (Wildman–Crippen MR) is 118 cm³/mol. The van der Waals surface area contributed by atoms with Crippen LogP contribution in [0.2, 0.25) is 0 Å². The van der Waals surface area contributed by atoms with Crippen LogP contribution < -0.4 is 0 Å². The molecule has 5 heteroatoms. The molecule has 0 N–H and O–H groups in total. The first-order chi connectivity index (χ1) is 15.2. The maximum atomic E-state index is 13.3. The number of nitrogens with zero attached hydrogens (tertiary/aromatic N) is 1. The van der Waals surface area contributed by atoms with Crippen LogP contribution in [0.15, 0.2) is 54.6 Å². The molecule has 1 heterocycles. The number of hydrogen-bond donors (Lipinski definition) is 0. The van der Waals surface area contributed by atoms with Gasteiger partial charge in [0.25, 0.3) is 0 Å². The van der Waals surface area contributed by atoms with Crippen molar-refractivity contribution in [2.75, 3.05) is 6.54 Å². The Hall–Kier alpha value is -2.30. The van der Waals surface area contributed by atoms with Crippen molar-refractivity contribution >= 4 is 5.91 Å². The number of fused-ring (bicyclic) bond motifs is 2. The first-order valence-corrected chi connectivity index (χ1v) is 11.7. The second-order valence-corrected chi connectivity index (χ2v) is 10.5. The molecular weight excluding hydrogens is 411 g/mol. The fraction of sp³-hybridized carbons (Fsp3) is 0.519. The Morgan fingerprint density at radius 2 is 1.66 bits per heavy atom. The number of carbonyl (C=O) groups excluding carboxylic acids is 1. The van der Waals surface area contributed by atoms with E-state index < -0.39 is 11.7 Å². The van der Waals surface area contributed by atoms with Crippen molar-refractivity contribution in [3.8, 4) is 0 Å². The first kappa shape index (κ1) is 21.5. The summed E-state index contributed by atoms with van der Waals surface area (Å²) in [5, 5.41) is 0. The zero-order valence-corrected chi connectivity index (χ0v) is 18.5. The van der Waals surface area contributed by atoms with Gasteiger partial charge in [0.15, 0.2) is 0 Å². The quantitative estimate of drug-likeness (QED) is 0.495. The van der Waals surface area contributed by atoms with Crippen molar-refractivity contribution in [2.45, 2.75) is 58.2 Å². The van der Waals surface area contributed by atoms with Gasteiger partial charge in [-0.1, -0.05) is 61.5 Å². The summed E-state index contributed by atoms with van der Waals surface area (Å²) in [5.74, 6) is 2.16. The molecule has 170 valence electrons. The first-order valence-electron chi connectivity index (χ1n) is 11.7. The topological polar surface area (TPSA) is 20.3 Å². The summed E-state index contributed by atoms with van der Waals surface area (Å²) >= 11 is 0. The van der Waals surface area contributed by atoms with Crippen molar-refractivity contribution in [1.82, 2.24) is 4.90 Å². The van der Waals surface area contributed by atoms with Crippen LogP contribution in [0.4, 0.5) is 13.2 Å². The highest BCUT2D eigenvalue weighted by atomic mass is 19.4. The molecule has 1 spiro atoms. The molecule has 6 rings (SSSR count). The van der Waals surface area contributed by atoms with Gasteiger partial charge in [-0.2, -0.15) is 13.2 Å². The predicted octanol–water partition coefficient (Wildman–Crippen LogP) is 6.49. The number of amides is 1. The zero-order valence-electron chi connectivity index (χ0n) is 18.5. The van der Waals surface area contributed by atoms with E-state index in [2.05, 4.69) is 36.1 Å². The van der Waals surface area contributed by atoms with E-state index in [1.54, 1.807) is 6.07 Å². The summed E-state index contributed by atoms with van der Waals surface area (Å²) in [5.41, 5.74) is 2.66. The lowest BCUT2D eigenvalue weighted by Gasteiger charge is -2.32. The van der Waals surface area contributed by atoms with Crippen LogP contribution in [0.5, 0.6) is 0 Å². The number of carbonyl (C=O) groups is 1. The molecule has 2 bridgehead atoms. The van der Waals surface area contributed by atoms with Crippen LogP contribution in [0.3, 0.4) is 0 Å². The Morgan fingerprint density at radius 1 is 0.969 bits per heavy atom. The van der Waals surface area contributed by atoms with Gasteiger partial charge in [0.1, 0.15) is 0 Å². The van der Waals surface area contributed by atoms with Gasteiger partial charge in [-0.15, -0.1) is 0 Å². The summed E-state index contributed by atoms with van der Waals surface area (Å²) in [6.07, 6.45) is 3.21. The molecule has 0 aromatic heterocycles. The third kappa shape index (κ3) is 3.64. The standard InChI is InChI=1S/C20H25NO.C7H5F3/c1-14-8-15-10-19(9-14)13-20(19,11-15)18(22)21-7-6-16-4-2-3-5-17(16)12-21;8-7(9,10)6-4-2-1-3-5-6/h2-5,14-15H,6-13H2,1H3;1-5H. The molecule has 0 radical (unpaired) electrons. The van der Waals surface area contributed by atoms with E-state index in [0.717, 1.165) is 43.5 Å². The molecule has 2 nitrogen and oxygen atoms in total. The van der Waals surface area contributed by atoms with Crippen LogP contribution in [0.25, 0.3) is 0 Å². The molecule has 0 saturated heterocycles. The van der Waals surface area contributed by atoms with Gasteiger partial charge >= 0.3 is 6.18 Å². The van der Waals surface area contributed by atoms with Crippen molar-refractivity contribution in [3.05, 3.63) is 71.3 Å². The lowest BCUT2D eigenvalue weighted by Crippen LogP contribution is -2.41. The Morgan fingerprint density at radius 3 is 2.34 bits per heavy atom. The molecular formula is C27H30F3NO. The Kier molecular flexibility index (Phi) is 5.14. The Labute approximate surface area is 187 Å². The molecule has 1 aliphatic heterocycles. The normalized spacial score (nSPS) is 32.3. The summed E-state index contributed by atoms with van der Waals surface area (Å²) < 4.78 is 35.4. The molecule has 4 unspecified atom stereocenters. The second-order valence-electron chi connectivity index (χ2n) is 10.5. The third-order valence-corrected chi connectivity index (χ3v) is 8.25. The van der Waals surface area contributed by atoms with E-state index in [1.807, 2.05) is 0 Å². The summed E-state index contributed by atoms with van der Waals surface area (Å²) in [7, 11) is 0. The molecule has 2 aromatic carbocycles. The molecule has 4 aliphatic rings. The van der Waals surface area contributed by atoms with E-state index >= 15 is 0 Å². The fourth-order valence-corrected chi connectivity index (χ4v) is 7.03. The lowest BCUT2D eigenvalue weighted by molar-refractivity contribution is -0.139. The van der Waals surface area contributed by atoms with Crippen LogP contribution in [-0.2, 0) is 23.9 Å². The van der Waals surface area contributed by atoms with Gasteiger partial charge in [0.05, 0.1) is 11.0 Å². The van der Waals surface area contributed by atoms with Gasteiger partial charge in [-0.25, -0.2) is 0 Å². The molecule has 4 atom stereocenters. The number of rotatable bonds is 1. The van der Waals surface area contributed by atoms with E-state index in [-0.39, 0.29) is 5.41 Å². The van der Waals surface area contributed by atoms with Gasteiger partial charge in [-0.05, 0) is 66.9 Å². The summed E-state index contributed by atoms with van der Waals surface area (Å²) in [6, 6.07) is 15.0. The zero-order chi connectivity index (χ0) is 22.6. The Bertz CT molecular complexity index is 1000. The van der Waals surface area contributed by atoms with Crippen molar-refractivity contribution < 1.29 is 18.0 Å². The van der Waals surface area contributed by atoms with Crippen molar-refractivity contribution in [2.24, 2.45) is 22.7 Å². The van der Waals surface area contributed by atoms with Crippen LogP contribution >= 0.6 is 0 Å². The van der Waals surface area contributed by atoms with Gasteiger partial charge in [-0.3, -0.25) is 4.79 Å². The van der Waals surface area contributed by atoms with Crippen LogP contribution in [0.1, 0.15) is 55.7 Å². The molecule has 3 fully saturated rings. The average molecular weight is 442 g/mol. The minimum absolute atomic E-state index is 0.0503. The highest BCUT2D eigenvalue weighted by Crippen LogP contribution is 2.80. The van der Waals surface area contributed by atoms with Gasteiger partial charge in [0, 0.05) is 13.1 Å². The van der Waals surface area contributed by atoms with Crippen molar-refractivity contribution in [1.29, 1.82) is 0 Å². The maximum absolute atomic E-state index is 13.3.